The predicted molar refractivity (Wildman–Crippen MR) is 48.6 cm³/mol. The van der Waals surface area contributed by atoms with Gasteiger partial charge in [0.1, 0.15) is 0 Å². The number of nitrogens with two attached hydrogens (primary N) is 1. The molecule has 1 aliphatic carbocycles. The highest BCUT2D eigenvalue weighted by atomic mass is 16.2. The van der Waals surface area contributed by atoms with Crippen molar-refractivity contribution in [1.29, 1.82) is 0 Å². The van der Waals surface area contributed by atoms with Crippen LogP contribution in [0.4, 0.5) is 0 Å². The van der Waals surface area contributed by atoms with Crippen molar-refractivity contribution in [2.24, 2.45) is 11.7 Å². The van der Waals surface area contributed by atoms with Crippen LogP contribution in [0.15, 0.2) is 0 Å². The summed E-state index contributed by atoms with van der Waals surface area (Å²) < 4.78 is 0. The Bertz CT molecular complexity index is 166. The van der Waals surface area contributed by atoms with Crippen LogP contribution in [0.2, 0.25) is 0 Å². The number of carbonyl (C=O) groups is 1. The molecular weight excluding hydrogens is 152 g/mol. The summed E-state index contributed by atoms with van der Waals surface area (Å²) >= 11 is 0. The molecule has 0 bridgehead atoms. The smallest absolute Gasteiger partial charge is 0.224 e. The molecule has 0 saturated heterocycles. The molecule has 3 N–H and O–H groups in total. The molecular formula is C9H18N2O. The van der Waals surface area contributed by atoms with Gasteiger partial charge in [-0.25, -0.2) is 0 Å². The van der Waals surface area contributed by atoms with E-state index >= 15 is 0 Å². The zero-order valence-corrected chi connectivity index (χ0v) is 7.84. The summed E-state index contributed by atoms with van der Waals surface area (Å²) in [6.07, 6.45) is 2.88. The van der Waals surface area contributed by atoms with Gasteiger partial charge in [-0.15, -0.1) is 0 Å². The van der Waals surface area contributed by atoms with Crippen molar-refractivity contribution in [2.75, 3.05) is 0 Å². The van der Waals surface area contributed by atoms with Crippen molar-refractivity contribution in [3.8, 4) is 0 Å². The zero-order chi connectivity index (χ0) is 9.14. The fourth-order valence-corrected chi connectivity index (χ4v) is 1.32. The van der Waals surface area contributed by atoms with Gasteiger partial charge in [0.25, 0.3) is 0 Å². The van der Waals surface area contributed by atoms with Crippen LogP contribution in [0.5, 0.6) is 0 Å². The first kappa shape index (κ1) is 9.52. The average Bonchev–Trinajstić information content (AvgIpc) is 2.78. The Morgan fingerprint density at radius 2 is 2.08 bits per heavy atom. The lowest BCUT2D eigenvalue weighted by Gasteiger charge is -2.14. The van der Waals surface area contributed by atoms with Gasteiger partial charge in [0.15, 0.2) is 0 Å². The highest BCUT2D eigenvalue weighted by Gasteiger charge is 2.40. The first-order chi connectivity index (χ1) is 5.69. The van der Waals surface area contributed by atoms with Gasteiger partial charge in [0, 0.05) is 12.1 Å². The number of amides is 1. The fraction of sp³-hybridized carbons (Fsp3) is 0.889. The number of carbonyl (C=O) groups excluding carboxylic acids is 1. The minimum atomic E-state index is 0.102. The number of hydrogen-bond acceptors (Lipinski definition) is 2. The van der Waals surface area contributed by atoms with E-state index in [1.165, 1.54) is 0 Å². The Morgan fingerprint density at radius 1 is 1.58 bits per heavy atom. The highest BCUT2D eigenvalue weighted by molar-refractivity contribution is 5.82. The van der Waals surface area contributed by atoms with E-state index in [9.17, 15) is 4.79 Å². The van der Waals surface area contributed by atoms with E-state index in [0.29, 0.717) is 6.04 Å². The zero-order valence-electron chi connectivity index (χ0n) is 7.84. The molecule has 1 rings (SSSR count). The highest BCUT2D eigenvalue weighted by Crippen LogP contribution is 2.27. The predicted octanol–water partition coefficient (Wildman–Crippen LogP) is 0.638. The topological polar surface area (TPSA) is 55.1 Å². The van der Waals surface area contributed by atoms with Gasteiger partial charge in [-0.3, -0.25) is 4.79 Å². The minimum absolute atomic E-state index is 0.102. The van der Waals surface area contributed by atoms with Crippen LogP contribution in [-0.2, 0) is 4.79 Å². The van der Waals surface area contributed by atoms with Crippen LogP contribution < -0.4 is 11.1 Å². The van der Waals surface area contributed by atoms with E-state index in [1.807, 2.05) is 0 Å². The van der Waals surface area contributed by atoms with Crippen molar-refractivity contribution in [3.63, 3.8) is 0 Å². The molecule has 0 heterocycles. The molecule has 1 fully saturated rings. The second-order valence-corrected chi connectivity index (χ2v) is 3.53. The lowest BCUT2D eigenvalue weighted by molar-refractivity contribution is -0.123. The molecule has 12 heavy (non-hydrogen) atoms. The van der Waals surface area contributed by atoms with Gasteiger partial charge in [-0.1, -0.05) is 13.8 Å². The summed E-state index contributed by atoms with van der Waals surface area (Å²) in [5.41, 5.74) is 5.57. The van der Waals surface area contributed by atoms with Crippen molar-refractivity contribution in [2.45, 2.75) is 45.2 Å². The van der Waals surface area contributed by atoms with Gasteiger partial charge in [-0.2, -0.15) is 0 Å². The first-order valence-corrected chi connectivity index (χ1v) is 4.75. The molecule has 2 unspecified atom stereocenters. The van der Waals surface area contributed by atoms with Gasteiger partial charge < -0.3 is 11.1 Å². The van der Waals surface area contributed by atoms with E-state index < -0.39 is 0 Å². The Labute approximate surface area is 73.7 Å². The molecule has 0 aliphatic heterocycles. The molecule has 3 nitrogen and oxygen atoms in total. The molecule has 70 valence electrons. The molecule has 2 atom stereocenters. The third-order valence-corrected chi connectivity index (χ3v) is 2.51. The number of nitrogens with one attached hydrogen (secondary N) is 1. The monoisotopic (exact) mass is 170 g/mol. The Balaban J connectivity index is 2.25. The summed E-state index contributed by atoms with van der Waals surface area (Å²) in [4.78, 5) is 11.4. The Morgan fingerprint density at radius 3 is 2.42 bits per heavy atom. The summed E-state index contributed by atoms with van der Waals surface area (Å²) in [6, 6.07) is 0.463. The standard InChI is InChI=1S/C9H18N2O/c1-3-6(4-2)11-9(12)7-5-8(7)10/h6-8H,3-5,10H2,1-2H3,(H,11,12). The van der Waals surface area contributed by atoms with E-state index in [-0.39, 0.29) is 17.9 Å². The lowest BCUT2D eigenvalue weighted by Crippen LogP contribution is -2.36. The van der Waals surface area contributed by atoms with E-state index in [1.54, 1.807) is 0 Å². The summed E-state index contributed by atoms with van der Waals surface area (Å²) in [5.74, 6) is 0.252. The molecule has 0 aromatic heterocycles. The number of hydrogen-bond donors (Lipinski definition) is 2. The second-order valence-electron chi connectivity index (χ2n) is 3.53. The quantitative estimate of drug-likeness (QED) is 0.650. The minimum Gasteiger partial charge on any atom is -0.353 e. The SMILES string of the molecule is CCC(CC)NC(=O)C1CC1N. The molecule has 0 spiro atoms. The Kier molecular flexibility index (Phi) is 3.09. The maximum atomic E-state index is 11.4. The van der Waals surface area contributed by atoms with Gasteiger partial charge in [-0.05, 0) is 19.3 Å². The molecule has 1 amide bonds. The second kappa shape index (κ2) is 3.90. The summed E-state index contributed by atoms with van der Waals surface area (Å²) in [6.45, 7) is 4.17. The maximum Gasteiger partial charge on any atom is 0.224 e. The molecule has 0 aromatic rings. The van der Waals surface area contributed by atoms with Crippen molar-refractivity contribution in [3.05, 3.63) is 0 Å². The molecule has 3 heteroatoms. The Hall–Kier alpha value is -0.570. The van der Waals surface area contributed by atoms with Gasteiger partial charge in [0.2, 0.25) is 5.91 Å². The van der Waals surface area contributed by atoms with E-state index in [0.717, 1.165) is 19.3 Å². The van der Waals surface area contributed by atoms with Crippen LogP contribution >= 0.6 is 0 Å². The largest absolute Gasteiger partial charge is 0.353 e. The lowest BCUT2D eigenvalue weighted by atomic mass is 10.1. The fourth-order valence-electron chi connectivity index (χ4n) is 1.32. The molecule has 1 aliphatic rings. The third kappa shape index (κ3) is 2.21. The summed E-state index contributed by atoms with van der Waals surface area (Å²) in [7, 11) is 0. The van der Waals surface area contributed by atoms with Gasteiger partial charge >= 0.3 is 0 Å². The van der Waals surface area contributed by atoms with Crippen LogP contribution in [0.3, 0.4) is 0 Å². The normalized spacial score (nSPS) is 27.3. The van der Waals surface area contributed by atoms with Crippen molar-refractivity contribution in [1.82, 2.24) is 5.32 Å². The van der Waals surface area contributed by atoms with Crippen LogP contribution in [-0.4, -0.2) is 18.0 Å². The van der Waals surface area contributed by atoms with Crippen molar-refractivity contribution < 1.29 is 4.79 Å². The van der Waals surface area contributed by atoms with Crippen LogP contribution in [0.25, 0.3) is 0 Å². The van der Waals surface area contributed by atoms with Crippen LogP contribution in [0.1, 0.15) is 33.1 Å². The molecule has 0 radical (unpaired) electrons. The molecule has 1 saturated carbocycles. The number of rotatable bonds is 4. The van der Waals surface area contributed by atoms with E-state index in [4.69, 9.17) is 5.73 Å². The third-order valence-electron chi connectivity index (χ3n) is 2.51. The maximum absolute atomic E-state index is 11.4. The summed E-state index contributed by atoms with van der Waals surface area (Å²) in [5, 5.41) is 2.99. The average molecular weight is 170 g/mol. The van der Waals surface area contributed by atoms with Crippen molar-refractivity contribution >= 4 is 5.91 Å². The van der Waals surface area contributed by atoms with Crippen LogP contribution in [0, 0.1) is 5.92 Å². The molecule has 0 aromatic carbocycles. The first-order valence-electron chi connectivity index (χ1n) is 4.75. The van der Waals surface area contributed by atoms with E-state index in [2.05, 4.69) is 19.2 Å². The van der Waals surface area contributed by atoms with Gasteiger partial charge in [0.05, 0.1) is 5.92 Å².